The predicted octanol–water partition coefficient (Wildman–Crippen LogP) is 6.08. The first-order chi connectivity index (χ1) is 6.00. The van der Waals surface area contributed by atoms with Crippen molar-refractivity contribution in [3.8, 4) is 0 Å². The fourth-order valence-electron chi connectivity index (χ4n) is 0.581. The van der Waals surface area contributed by atoms with E-state index in [-0.39, 0.29) is 76.8 Å². The van der Waals surface area contributed by atoms with E-state index in [0.29, 0.717) is 0 Å². The van der Waals surface area contributed by atoms with E-state index in [0.717, 1.165) is 6.42 Å². The number of allylic oxidation sites excluding steroid dienone is 4. The summed E-state index contributed by atoms with van der Waals surface area (Å²) >= 11 is 1.75. The molecule has 1 aromatic heterocycles. The van der Waals surface area contributed by atoms with E-state index >= 15 is 0 Å². The third-order valence-electron chi connectivity index (χ3n) is 1.03. The van der Waals surface area contributed by atoms with Gasteiger partial charge >= 0.3 is 24.8 Å². The van der Waals surface area contributed by atoms with Crippen LogP contribution in [0.2, 0.25) is 0 Å². The standard InChI is InChI=1S/C5H5.C4H4N.7CH3.CH2.2ClH.Ti/c2*1-2-4-5-3-1;;;;;;;;;;;/h1-3H,4H2;1-3,5H;7*1H3;1H2;2*1H;/q9*-1;;;;. The summed E-state index contributed by atoms with van der Waals surface area (Å²) in [5.41, 5.74) is 0. The SMILES string of the molecule is Cl.Cl.[C-]1=CC=CC1.[CH2]=[Ti].[CH3-].[CH3-].[CH3-].[CH3-].[CH3-].[CH3-].[CH3-].[c-]1ccc[nH]1. The summed E-state index contributed by atoms with van der Waals surface area (Å²) in [4.78, 5) is 5.99. The summed E-state index contributed by atoms with van der Waals surface area (Å²) < 4.78 is 0. The van der Waals surface area contributed by atoms with Crippen LogP contribution in [0.3, 0.4) is 0 Å². The number of halogens is 2. The Labute approximate surface area is 161 Å². The monoisotopic (exact) mass is 370 g/mol. The summed E-state index contributed by atoms with van der Waals surface area (Å²) in [6.45, 7) is 0. The van der Waals surface area contributed by atoms with Gasteiger partial charge in [-0.3, -0.25) is 6.08 Å². The maximum absolute atomic E-state index is 3.25. The zero-order chi connectivity index (χ0) is 9.07. The van der Waals surface area contributed by atoms with Crippen molar-refractivity contribution < 1.29 is 20.0 Å². The molecule has 0 radical (unpaired) electrons. The van der Waals surface area contributed by atoms with E-state index in [9.17, 15) is 0 Å². The van der Waals surface area contributed by atoms with Crippen molar-refractivity contribution in [1.82, 2.24) is 4.98 Å². The van der Waals surface area contributed by atoms with Gasteiger partial charge in [-0.25, -0.2) is 12.2 Å². The van der Waals surface area contributed by atoms with Gasteiger partial charge in [0.15, 0.2) is 0 Å². The Bertz CT molecular complexity index is 195. The average Bonchev–Trinajstić information content (AvgIpc) is 2.87. The Kier molecular flexibility index (Phi) is 240. The number of rotatable bonds is 0. The van der Waals surface area contributed by atoms with Crippen LogP contribution >= 0.6 is 24.8 Å². The molecule has 0 saturated heterocycles. The van der Waals surface area contributed by atoms with Gasteiger partial charge in [0, 0.05) is 0 Å². The van der Waals surface area contributed by atoms with E-state index in [1.807, 2.05) is 30.5 Å². The first kappa shape index (κ1) is 69.6. The molecule has 0 saturated carbocycles. The summed E-state index contributed by atoms with van der Waals surface area (Å²) in [6, 6.07) is 3.71. The van der Waals surface area contributed by atoms with Crippen LogP contribution in [0.1, 0.15) is 6.42 Å². The van der Waals surface area contributed by atoms with Crippen LogP contribution < -0.4 is 0 Å². The van der Waals surface area contributed by atoms with E-state index in [1.165, 1.54) is 0 Å². The van der Waals surface area contributed by atoms with E-state index in [1.54, 1.807) is 20.0 Å². The molecule has 1 N–H and O–H groups in total. The van der Waals surface area contributed by atoms with Crippen LogP contribution in [-0.2, 0) is 20.0 Å². The Morgan fingerprint density at radius 2 is 1.38 bits per heavy atom. The average molecular weight is 371 g/mol. The van der Waals surface area contributed by atoms with Gasteiger partial charge in [0.2, 0.25) is 0 Å². The molecule has 0 bridgehead atoms. The zero-order valence-corrected chi connectivity index (χ0v) is 17.9. The van der Waals surface area contributed by atoms with Gasteiger partial charge in [-0.2, -0.15) is 24.4 Å². The van der Waals surface area contributed by atoms with E-state index in [2.05, 4.69) is 28.2 Å². The molecule has 134 valence electrons. The van der Waals surface area contributed by atoms with Crippen molar-refractivity contribution in [2.24, 2.45) is 0 Å². The van der Waals surface area contributed by atoms with Crippen molar-refractivity contribution in [2.75, 3.05) is 0 Å². The number of hydrogen-bond donors (Lipinski definition) is 1. The smallest absolute Gasteiger partial charge is 0.108 e. The van der Waals surface area contributed by atoms with Crippen LogP contribution in [0, 0.1) is 64.3 Å². The minimum absolute atomic E-state index is 0. The summed E-state index contributed by atoms with van der Waals surface area (Å²) in [5, 5.41) is 0. The molecule has 1 aliphatic carbocycles. The van der Waals surface area contributed by atoms with Crippen LogP contribution in [-0.4, -0.2) is 9.80 Å². The molecule has 0 amide bonds. The van der Waals surface area contributed by atoms with Gasteiger partial charge in [0.05, 0.1) is 0 Å². The Balaban J connectivity index is -0.00000000932. The quantitative estimate of drug-likeness (QED) is 0.420. The van der Waals surface area contributed by atoms with Gasteiger partial charge in [0.25, 0.3) is 0 Å². The van der Waals surface area contributed by atoms with Crippen LogP contribution in [0.4, 0.5) is 0 Å². The van der Waals surface area contributed by atoms with Crippen molar-refractivity contribution >= 4 is 29.6 Å². The van der Waals surface area contributed by atoms with Crippen molar-refractivity contribution in [2.45, 2.75) is 6.42 Å². The minimum atomic E-state index is 0. The number of aromatic nitrogens is 1. The number of nitrogens with one attached hydrogen (secondary N) is 1. The molecule has 0 fully saturated rings. The van der Waals surface area contributed by atoms with E-state index in [4.69, 9.17) is 0 Å². The zero-order valence-electron chi connectivity index (χ0n) is 14.7. The second kappa shape index (κ2) is 72.4. The third kappa shape index (κ3) is 65.0. The van der Waals surface area contributed by atoms with Gasteiger partial charge in [-0.05, 0) is 0 Å². The molecule has 0 unspecified atom stereocenters. The summed E-state index contributed by atoms with van der Waals surface area (Å²) in [7, 11) is 0. The molecule has 4 heteroatoms. The van der Waals surface area contributed by atoms with Gasteiger partial charge in [-0.15, -0.1) is 37.4 Å². The van der Waals surface area contributed by atoms with Gasteiger partial charge in [-0.1, -0.05) is 0 Å². The molecule has 0 atom stereocenters. The number of aromatic amines is 1. The molecule has 0 aromatic carbocycles. The first-order valence-electron chi connectivity index (χ1n) is 3.56. The third-order valence-corrected chi connectivity index (χ3v) is 1.03. The topological polar surface area (TPSA) is 15.8 Å². The Morgan fingerprint density at radius 1 is 0.905 bits per heavy atom. The second-order valence-electron chi connectivity index (χ2n) is 1.82. The Hall–Kier alpha value is -0.0757. The van der Waals surface area contributed by atoms with Crippen molar-refractivity contribution in [1.29, 1.82) is 0 Å². The molecule has 2 rings (SSSR count). The predicted molar refractivity (Wildman–Crippen MR) is 108 cm³/mol. The Morgan fingerprint density at radius 3 is 1.48 bits per heavy atom. The van der Waals surface area contributed by atoms with Crippen LogP contribution in [0.5, 0.6) is 0 Å². The molecular formula is C17H34Cl2NTi-9. The van der Waals surface area contributed by atoms with Crippen molar-refractivity contribution in [3.05, 3.63) is 101 Å². The molecule has 0 spiro atoms. The molecule has 1 heterocycles. The van der Waals surface area contributed by atoms with Crippen molar-refractivity contribution in [3.63, 3.8) is 0 Å². The normalized spacial score (nSPS) is 6.24. The van der Waals surface area contributed by atoms with Gasteiger partial charge in [0.1, 0.15) is 0 Å². The molecule has 21 heavy (non-hydrogen) atoms. The minimum Gasteiger partial charge on any atom is -0.484 e. The van der Waals surface area contributed by atoms with Gasteiger partial charge < -0.3 is 57.0 Å². The largest absolute Gasteiger partial charge is 0.484 e. The molecule has 1 aromatic rings. The molecular weight excluding hydrogens is 337 g/mol. The molecule has 1 nitrogen and oxygen atoms in total. The fourth-order valence-corrected chi connectivity index (χ4v) is 0.581. The second-order valence-corrected chi connectivity index (χ2v) is 1.82. The van der Waals surface area contributed by atoms with Crippen LogP contribution in [0.15, 0.2) is 36.6 Å². The summed E-state index contributed by atoms with van der Waals surface area (Å²) in [5.74, 6) is 0. The fraction of sp³-hybridized carbons (Fsp3) is 0.0588. The van der Waals surface area contributed by atoms with Crippen LogP contribution in [0.25, 0.3) is 0 Å². The van der Waals surface area contributed by atoms with E-state index < -0.39 is 0 Å². The molecule has 0 aliphatic heterocycles. The summed E-state index contributed by atoms with van der Waals surface area (Å²) in [6.07, 6.45) is 14.6. The first-order valence-corrected chi connectivity index (χ1v) is 4.67. The number of H-pyrrole nitrogens is 1. The molecule has 1 aliphatic rings. The number of hydrogen-bond acceptors (Lipinski definition) is 0. The maximum Gasteiger partial charge on any atom is -0.108 e. The maximum atomic E-state index is 3.25.